The number of benzene rings is 3. The summed E-state index contributed by atoms with van der Waals surface area (Å²) in [5.41, 5.74) is 2.06. The fourth-order valence-electron chi connectivity index (χ4n) is 5.22. The molecule has 0 bridgehead atoms. The number of hydrogen-bond donors (Lipinski definition) is 3. The number of nitrogens with one attached hydrogen (secondary N) is 3. The molecule has 3 N–H and O–H groups in total. The topological polar surface area (TPSA) is 201 Å². The zero-order valence-corrected chi connectivity index (χ0v) is 28.3. The Kier molecular flexibility index (Phi) is 12.6. The van der Waals surface area contributed by atoms with Crippen LogP contribution in [0.2, 0.25) is 0 Å². The Bertz CT molecular complexity index is 1880. The highest BCUT2D eigenvalue weighted by Crippen LogP contribution is 2.40. The van der Waals surface area contributed by atoms with Gasteiger partial charge in [0.05, 0.1) is 27.6 Å². The third kappa shape index (κ3) is 10.2. The van der Waals surface area contributed by atoms with Crippen LogP contribution < -0.4 is 20.7 Å². The van der Waals surface area contributed by atoms with Gasteiger partial charge in [-0.25, -0.2) is 14.4 Å². The van der Waals surface area contributed by atoms with Gasteiger partial charge in [-0.3, -0.25) is 19.7 Å². The number of esters is 3. The molecule has 15 nitrogen and oxygen atoms in total. The van der Waals surface area contributed by atoms with Crippen molar-refractivity contribution in [2.24, 2.45) is 0 Å². The van der Waals surface area contributed by atoms with Crippen LogP contribution in [0.4, 0.5) is 17.1 Å². The van der Waals surface area contributed by atoms with Crippen molar-refractivity contribution >= 4 is 46.8 Å². The zero-order valence-electron chi connectivity index (χ0n) is 28.3. The second-order valence-corrected chi connectivity index (χ2v) is 11.2. The van der Waals surface area contributed by atoms with E-state index < -0.39 is 28.7 Å². The summed E-state index contributed by atoms with van der Waals surface area (Å²) >= 11 is 0. The Morgan fingerprint density at radius 3 is 1.71 bits per heavy atom. The number of dihydropyridines is 1. The van der Waals surface area contributed by atoms with Crippen molar-refractivity contribution in [2.75, 3.05) is 37.1 Å². The second kappa shape index (κ2) is 17.2. The average Bonchev–Trinajstić information content (AvgIpc) is 3.08. The molecule has 0 aliphatic carbocycles. The van der Waals surface area contributed by atoms with E-state index in [0.29, 0.717) is 28.5 Å². The van der Waals surface area contributed by atoms with Crippen LogP contribution in [0.3, 0.4) is 0 Å². The zero-order chi connectivity index (χ0) is 37.1. The molecule has 0 saturated carbocycles. The van der Waals surface area contributed by atoms with Crippen LogP contribution in [0.1, 0.15) is 49.5 Å². The van der Waals surface area contributed by atoms with Gasteiger partial charge in [-0.2, -0.15) is 0 Å². The number of nitro benzene ring substituents is 1. The highest BCUT2D eigenvalue weighted by atomic mass is 16.6. The molecule has 0 radical (unpaired) electrons. The van der Waals surface area contributed by atoms with Gasteiger partial charge in [-0.15, -0.1) is 0 Å². The number of ether oxygens (including phenoxy) is 4. The standard InChI is InChI=1S/C36H36N4O11/c1-21-31(35(44)50-17-16-48-30-14-12-28(13-15-30)39-24(4)42)33(26-6-5-7-29(20-26)40(46)47)32(22(2)37-21)36(45)51-19-18-49-34(43)25-8-10-27(11-9-25)38-23(3)41/h5-15,20,33,37H,16-19H2,1-4H3,(H,38,41)(H,39,42). The molecular formula is C36H36N4O11. The molecule has 0 fully saturated rings. The van der Waals surface area contributed by atoms with Crippen LogP contribution >= 0.6 is 0 Å². The van der Waals surface area contributed by atoms with E-state index in [1.54, 1.807) is 44.2 Å². The van der Waals surface area contributed by atoms with Crippen LogP contribution in [-0.2, 0) is 33.4 Å². The number of carbonyl (C=O) groups is 5. The number of rotatable bonds is 14. The highest BCUT2D eigenvalue weighted by Gasteiger charge is 2.38. The molecule has 1 atom stereocenters. The van der Waals surface area contributed by atoms with Crippen molar-refractivity contribution < 1.29 is 47.8 Å². The fraction of sp³-hybridized carbons (Fsp3) is 0.250. The maximum atomic E-state index is 13.6. The monoisotopic (exact) mass is 700 g/mol. The van der Waals surface area contributed by atoms with E-state index in [1.807, 2.05) is 0 Å². The number of hydrogen-bond acceptors (Lipinski definition) is 12. The van der Waals surface area contributed by atoms with Crippen molar-refractivity contribution in [3.05, 3.63) is 117 Å². The first kappa shape index (κ1) is 37.3. The predicted octanol–water partition coefficient (Wildman–Crippen LogP) is 4.77. The van der Waals surface area contributed by atoms with E-state index in [-0.39, 0.29) is 66.2 Å². The molecule has 2 amide bonds. The molecule has 3 aromatic rings. The molecule has 0 spiro atoms. The van der Waals surface area contributed by atoms with Gasteiger partial charge in [0.1, 0.15) is 32.2 Å². The maximum absolute atomic E-state index is 13.6. The summed E-state index contributed by atoms with van der Waals surface area (Å²) in [5.74, 6) is -3.45. The third-order valence-electron chi connectivity index (χ3n) is 7.37. The molecule has 51 heavy (non-hydrogen) atoms. The largest absolute Gasteiger partial charge is 0.490 e. The lowest BCUT2D eigenvalue weighted by Gasteiger charge is -2.30. The van der Waals surface area contributed by atoms with Crippen molar-refractivity contribution in [1.29, 1.82) is 0 Å². The Hall–Kier alpha value is -6.51. The molecule has 4 rings (SSSR count). The lowest BCUT2D eigenvalue weighted by Crippen LogP contribution is -2.33. The van der Waals surface area contributed by atoms with Gasteiger partial charge in [0.2, 0.25) is 11.8 Å². The second-order valence-electron chi connectivity index (χ2n) is 11.2. The van der Waals surface area contributed by atoms with Crippen molar-refractivity contribution in [3.8, 4) is 5.75 Å². The van der Waals surface area contributed by atoms with Gasteiger partial charge in [0, 0.05) is 48.7 Å². The molecule has 15 heteroatoms. The normalized spacial score (nSPS) is 13.8. The number of nitrogens with zero attached hydrogens (tertiary/aromatic N) is 1. The van der Waals surface area contributed by atoms with Gasteiger partial charge in [0.25, 0.3) is 5.69 Å². The minimum Gasteiger partial charge on any atom is -0.490 e. The van der Waals surface area contributed by atoms with Crippen LogP contribution in [0.5, 0.6) is 5.75 Å². The van der Waals surface area contributed by atoms with Crippen molar-refractivity contribution in [2.45, 2.75) is 33.6 Å². The van der Waals surface area contributed by atoms with Gasteiger partial charge in [-0.1, -0.05) is 12.1 Å². The van der Waals surface area contributed by atoms with E-state index >= 15 is 0 Å². The molecule has 266 valence electrons. The van der Waals surface area contributed by atoms with E-state index in [4.69, 9.17) is 18.9 Å². The summed E-state index contributed by atoms with van der Waals surface area (Å²) in [6, 6.07) is 18.2. The number of anilines is 2. The number of allylic oxidation sites excluding steroid dienone is 2. The first-order chi connectivity index (χ1) is 24.3. The first-order valence-electron chi connectivity index (χ1n) is 15.7. The lowest BCUT2D eigenvalue weighted by molar-refractivity contribution is -0.384. The summed E-state index contributed by atoms with van der Waals surface area (Å²) in [5, 5.41) is 19.9. The van der Waals surface area contributed by atoms with Crippen LogP contribution in [0.25, 0.3) is 0 Å². The number of amides is 2. The summed E-state index contributed by atoms with van der Waals surface area (Å²) in [7, 11) is 0. The summed E-state index contributed by atoms with van der Waals surface area (Å²) in [4.78, 5) is 73.2. The third-order valence-corrected chi connectivity index (χ3v) is 7.37. The highest BCUT2D eigenvalue weighted by molar-refractivity contribution is 6.00. The molecule has 3 aromatic carbocycles. The fourth-order valence-corrected chi connectivity index (χ4v) is 5.22. The Balaban J connectivity index is 1.44. The lowest BCUT2D eigenvalue weighted by atomic mass is 9.80. The predicted molar refractivity (Wildman–Crippen MR) is 184 cm³/mol. The summed E-state index contributed by atoms with van der Waals surface area (Å²) in [6.45, 7) is 5.15. The van der Waals surface area contributed by atoms with Crippen LogP contribution in [0.15, 0.2) is 95.3 Å². The van der Waals surface area contributed by atoms with E-state index in [1.165, 1.54) is 56.3 Å². The van der Waals surface area contributed by atoms with Gasteiger partial charge in [-0.05, 0) is 67.9 Å². The molecule has 1 unspecified atom stereocenters. The van der Waals surface area contributed by atoms with E-state index in [9.17, 15) is 34.1 Å². The Morgan fingerprint density at radius 1 is 0.706 bits per heavy atom. The smallest absolute Gasteiger partial charge is 0.338 e. The summed E-state index contributed by atoms with van der Waals surface area (Å²) < 4.78 is 21.9. The molecule has 1 aliphatic heterocycles. The Labute approximate surface area is 292 Å². The number of nitro groups is 1. The average molecular weight is 701 g/mol. The maximum Gasteiger partial charge on any atom is 0.338 e. The number of carbonyl (C=O) groups excluding carboxylic acids is 5. The molecule has 0 saturated heterocycles. The minimum atomic E-state index is -1.11. The van der Waals surface area contributed by atoms with Crippen LogP contribution in [-0.4, -0.2) is 61.1 Å². The quantitative estimate of drug-likeness (QED) is 0.0685. The Morgan fingerprint density at radius 2 is 1.20 bits per heavy atom. The SMILES string of the molecule is CC(=O)Nc1ccc(OCCOC(=O)C2=C(C)NC(C)=C(C(=O)OCCOC(=O)c3ccc(NC(C)=O)cc3)C2c2cccc([N+](=O)[O-])c2)cc1. The van der Waals surface area contributed by atoms with Gasteiger partial charge >= 0.3 is 17.9 Å². The molecule has 1 aliphatic rings. The van der Waals surface area contributed by atoms with E-state index in [2.05, 4.69) is 16.0 Å². The van der Waals surface area contributed by atoms with E-state index in [0.717, 1.165) is 0 Å². The molecule has 1 heterocycles. The van der Waals surface area contributed by atoms with Crippen molar-refractivity contribution in [1.82, 2.24) is 5.32 Å². The molecule has 0 aromatic heterocycles. The van der Waals surface area contributed by atoms with Gasteiger partial charge < -0.3 is 34.9 Å². The summed E-state index contributed by atoms with van der Waals surface area (Å²) in [6.07, 6.45) is 0. The number of non-ortho nitro benzene ring substituents is 1. The van der Waals surface area contributed by atoms with Crippen molar-refractivity contribution in [3.63, 3.8) is 0 Å². The first-order valence-corrected chi connectivity index (χ1v) is 15.7. The van der Waals surface area contributed by atoms with Gasteiger partial charge in [0.15, 0.2) is 0 Å². The molecular weight excluding hydrogens is 664 g/mol. The van der Waals surface area contributed by atoms with Crippen LogP contribution in [0, 0.1) is 10.1 Å². The minimum absolute atomic E-state index is 0.00319.